The first-order valence-electron chi connectivity index (χ1n) is 5.38. The maximum absolute atomic E-state index is 6.13. The lowest BCUT2D eigenvalue weighted by Crippen LogP contribution is -2.32. The van der Waals surface area contributed by atoms with Crippen LogP contribution in [0.3, 0.4) is 0 Å². The van der Waals surface area contributed by atoms with Crippen molar-refractivity contribution in [2.45, 2.75) is 26.8 Å². The molecular formula is C10H18N4S. The summed E-state index contributed by atoms with van der Waals surface area (Å²) in [6, 6.07) is 0.272. The fourth-order valence-corrected chi connectivity index (χ4v) is 2.84. The van der Waals surface area contributed by atoms with Crippen molar-refractivity contribution in [3.05, 3.63) is 5.01 Å². The minimum atomic E-state index is 0.272. The van der Waals surface area contributed by atoms with Crippen molar-refractivity contribution in [3.63, 3.8) is 0 Å². The molecule has 84 valence electrons. The van der Waals surface area contributed by atoms with E-state index in [4.69, 9.17) is 5.73 Å². The molecule has 1 aromatic heterocycles. The highest BCUT2D eigenvalue weighted by atomic mass is 32.1. The first kappa shape index (κ1) is 10.8. The Morgan fingerprint density at radius 2 is 2.13 bits per heavy atom. The summed E-state index contributed by atoms with van der Waals surface area (Å²) in [6.07, 6.45) is 0. The van der Waals surface area contributed by atoms with Crippen LogP contribution in [0.4, 0.5) is 5.13 Å². The van der Waals surface area contributed by atoms with E-state index < -0.39 is 0 Å². The van der Waals surface area contributed by atoms with Gasteiger partial charge < -0.3 is 10.6 Å². The number of rotatable bonds is 2. The highest BCUT2D eigenvalue weighted by Crippen LogP contribution is 2.29. The molecule has 2 heterocycles. The lowest BCUT2D eigenvalue weighted by molar-refractivity contribution is 0.382. The summed E-state index contributed by atoms with van der Waals surface area (Å²) in [4.78, 5) is 2.26. The van der Waals surface area contributed by atoms with E-state index in [0.717, 1.165) is 23.2 Å². The van der Waals surface area contributed by atoms with Crippen molar-refractivity contribution in [2.24, 2.45) is 17.6 Å². The molecule has 0 amide bonds. The van der Waals surface area contributed by atoms with Crippen molar-refractivity contribution in [1.29, 1.82) is 0 Å². The van der Waals surface area contributed by atoms with Crippen molar-refractivity contribution < 1.29 is 0 Å². The number of nitrogens with zero attached hydrogens (tertiary/aromatic N) is 3. The highest BCUT2D eigenvalue weighted by molar-refractivity contribution is 7.15. The van der Waals surface area contributed by atoms with Crippen LogP contribution in [-0.4, -0.2) is 29.3 Å². The monoisotopic (exact) mass is 226 g/mol. The van der Waals surface area contributed by atoms with Crippen LogP contribution >= 0.6 is 11.3 Å². The molecule has 1 saturated heterocycles. The lowest BCUT2D eigenvalue weighted by Gasteiger charge is -2.17. The molecule has 0 aliphatic carbocycles. The number of hydrogen-bond donors (Lipinski definition) is 1. The Balaban J connectivity index is 2.09. The van der Waals surface area contributed by atoms with E-state index >= 15 is 0 Å². The van der Waals surface area contributed by atoms with Gasteiger partial charge in [0, 0.05) is 19.1 Å². The first-order valence-corrected chi connectivity index (χ1v) is 6.20. The van der Waals surface area contributed by atoms with Gasteiger partial charge in [0.1, 0.15) is 5.01 Å². The summed E-state index contributed by atoms with van der Waals surface area (Å²) in [7, 11) is 0. The van der Waals surface area contributed by atoms with Crippen LogP contribution in [0.5, 0.6) is 0 Å². The minimum Gasteiger partial charge on any atom is -0.345 e. The third-order valence-corrected chi connectivity index (χ3v) is 3.95. The second kappa shape index (κ2) is 4.06. The fourth-order valence-electron chi connectivity index (χ4n) is 2.13. The van der Waals surface area contributed by atoms with Gasteiger partial charge in [0.05, 0.1) is 0 Å². The predicted molar refractivity (Wildman–Crippen MR) is 63.2 cm³/mol. The Kier molecular flexibility index (Phi) is 2.93. The normalized spacial score (nSPS) is 26.6. The lowest BCUT2D eigenvalue weighted by atomic mass is 9.92. The molecule has 1 aromatic rings. The second-order valence-electron chi connectivity index (χ2n) is 4.58. The van der Waals surface area contributed by atoms with Gasteiger partial charge in [0.2, 0.25) is 5.13 Å². The van der Waals surface area contributed by atoms with Crippen LogP contribution in [0.25, 0.3) is 0 Å². The molecule has 2 rings (SSSR count). The molecule has 0 aromatic carbocycles. The molecule has 2 atom stereocenters. The van der Waals surface area contributed by atoms with Gasteiger partial charge in [-0.2, -0.15) is 0 Å². The van der Waals surface area contributed by atoms with Crippen molar-refractivity contribution >= 4 is 16.5 Å². The maximum atomic E-state index is 6.13. The zero-order chi connectivity index (χ0) is 11.0. The van der Waals surface area contributed by atoms with E-state index in [1.54, 1.807) is 11.3 Å². The first-order chi connectivity index (χ1) is 7.08. The van der Waals surface area contributed by atoms with E-state index in [-0.39, 0.29) is 6.04 Å². The van der Waals surface area contributed by atoms with Crippen LogP contribution in [-0.2, 0) is 0 Å². The third kappa shape index (κ3) is 2.13. The average Bonchev–Trinajstić information content (AvgIpc) is 2.71. The topological polar surface area (TPSA) is 55.0 Å². The molecule has 0 bridgehead atoms. The molecular weight excluding hydrogens is 208 g/mol. The van der Waals surface area contributed by atoms with Gasteiger partial charge >= 0.3 is 0 Å². The van der Waals surface area contributed by atoms with E-state index in [2.05, 4.69) is 28.9 Å². The second-order valence-corrected chi connectivity index (χ2v) is 5.74. The molecule has 0 unspecified atom stereocenters. The summed E-state index contributed by atoms with van der Waals surface area (Å²) >= 11 is 1.65. The summed E-state index contributed by atoms with van der Waals surface area (Å²) in [5.74, 6) is 1.22. The van der Waals surface area contributed by atoms with E-state index in [1.165, 1.54) is 0 Å². The van der Waals surface area contributed by atoms with Gasteiger partial charge in [-0.3, -0.25) is 0 Å². The number of anilines is 1. The maximum Gasteiger partial charge on any atom is 0.208 e. The zero-order valence-corrected chi connectivity index (χ0v) is 10.3. The summed E-state index contributed by atoms with van der Waals surface area (Å²) < 4.78 is 0. The largest absolute Gasteiger partial charge is 0.345 e. The SMILES string of the molecule is Cc1nnc(N2C[C@@H](N)[C@H](C(C)C)C2)s1. The summed E-state index contributed by atoms with van der Waals surface area (Å²) in [5.41, 5.74) is 6.13. The number of hydrogen-bond acceptors (Lipinski definition) is 5. The Morgan fingerprint density at radius 3 is 2.60 bits per heavy atom. The molecule has 0 radical (unpaired) electrons. The Bertz CT molecular complexity index is 336. The molecule has 5 heteroatoms. The number of aromatic nitrogens is 2. The van der Waals surface area contributed by atoms with Crippen LogP contribution in [0.15, 0.2) is 0 Å². The molecule has 4 nitrogen and oxygen atoms in total. The van der Waals surface area contributed by atoms with Crippen LogP contribution in [0.2, 0.25) is 0 Å². The van der Waals surface area contributed by atoms with Crippen LogP contribution in [0.1, 0.15) is 18.9 Å². The zero-order valence-electron chi connectivity index (χ0n) is 9.47. The quantitative estimate of drug-likeness (QED) is 0.825. The minimum absolute atomic E-state index is 0.272. The van der Waals surface area contributed by atoms with E-state index in [0.29, 0.717) is 11.8 Å². The van der Waals surface area contributed by atoms with Crippen LogP contribution < -0.4 is 10.6 Å². The van der Waals surface area contributed by atoms with E-state index in [1.807, 2.05) is 6.92 Å². The van der Waals surface area contributed by atoms with Gasteiger partial charge in [-0.05, 0) is 18.8 Å². The average molecular weight is 226 g/mol. The van der Waals surface area contributed by atoms with Crippen LogP contribution in [0, 0.1) is 18.8 Å². The summed E-state index contributed by atoms with van der Waals surface area (Å²) in [5, 5.41) is 10.2. The molecule has 2 N–H and O–H groups in total. The molecule has 0 saturated carbocycles. The van der Waals surface area contributed by atoms with Crippen molar-refractivity contribution in [1.82, 2.24) is 10.2 Å². The van der Waals surface area contributed by atoms with Gasteiger partial charge in [-0.25, -0.2) is 0 Å². The number of aryl methyl sites for hydroxylation is 1. The Hall–Kier alpha value is -0.680. The Morgan fingerprint density at radius 1 is 1.40 bits per heavy atom. The van der Waals surface area contributed by atoms with Crippen molar-refractivity contribution in [3.8, 4) is 0 Å². The highest BCUT2D eigenvalue weighted by Gasteiger charge is 2.33. The molecule has 15 heavy (non-hydrogen) atoms. The third-order valence-electron chi connectivity index (χ3n) is 3.05. The van der Waals surface area contributed by atoms with Gasteiger partial charge in [-0.1, -0.05) is 25.2 Å². The fraction of sp³-hybridized carbons (Fsp3) is 0.800. The van der Waals surface area contributed by atoms with Crippen molar-refractivity contribution in [2.75, 3.05) is 18.0 Å². The summed E-state index contributed by atoms with van der Waals surface area (Å²) in [6.45, 7) is 8.39. The van der Waals surface area contributed by atoms with Gasteiger partial charge in [0.25, 0.3) is 0 Å². The molecule has 1 fully saturated rings. The smallest absolute Gasteiger partial charge is 0.208 e. The standard InChI is InChI=1S/C10H18N4S/c1-6(2)8-4-14(5-9(8)11)10-13-12-7(3)15-10/h6,8-9H,4-5,11H2,1-3H3/t8-,9+/m0/s1. The Labute approximate surface area is 94.5 Å². The molecule has 1 aliphatic heterocycles. The van der Waals surface area contributed by atoms with Gasteiger partial charge in [-0.15, -0.1) is 10.2 Å². The number of nitrogens with two attached hydrogens (primary N) is 1. The molecule has 0 spiro atoms. The van der Waals surface area contributed by atoms with Gasteiger partial charge in [0.15, 0.2) is 0 Å². The van der Waals surface area contributed by atoms with E-state index in [9.17, 15) is 0 Å². The molecule has 1 aliphatic rings. The predicted octanol–water partition coefficient (Wildman–Crippen LogP) is 1.27.